The molecule has 6 heteroatoms. The van der Waals surface area contributed by atoms with Crippen molar-refractivity contribution in [3.63, 3.8) is 0 Å². The van der Waals surface area contributed by atoms with Crippen molar-refractivity contribution in [1.29, 1.82) is 0 Å². The van der Waals surface area contributed by atoms with Crippen molar-refractivity contribution in [2.45, 2.75) is 43.6 Å². The predicted molar refractivity (Wildman–Crippen MR) is 72.5 cm³/mol. The molecule has 0 aromatic carbocycles. The van der Waals surface area contributed by atoms with Crippen LogP contribution in [0.15, 0.2) is 4.52 Å². The Bertz CT molecular complexity index is 448. The van der Waals surface area contributed by atoms with Crippen molar-refractivity contribution in [2.75, 3.05) is 33.4 Å². The average Bonchev–Trinajstić information content (AvgIpc) is 3.00. The molecule has 1 atom stereocenters. The topological polar surface area (TPSA) is 69.4 Å². The van der Waals surface area contributed by atoms with Crippen molar-refractivity contribution in [1.82, 2.24) is 15.5 Å². The number of rotatable bonds is 3. The van der Waals surface area contributed by atoms with E-state index >= 15 is 0 Å². The summed E-state index contributed by atoms with van der Waals surface area (Å²) in [6, 6.07) is 0. The molecular weight excluding hydrogens is 258 g/mol. The van der Waals surface area contributed by atoms with Crippen molar-refractivity contribution in [3.05, 3.63) is 11.7 Å². The fraction of sp³-hybridized carbons (Fsp3) is 0.857. The first kappa shape index (κ1) is 14.0. The van der Waals surface area contributed by atoms with Crippen molar-refractivity contribution < 1.29 is 14.0 Å². The SMILES string of the molecule is COC1(c2noc(C3(C)CCCNC3)n2)CCOCC1. The first-order valence-electron chi connectivity index (χ1n) is 7.37. The number of piperidine rings is 1. The van der Waals surface area contributed by atoms with Gasteiger partial charge < -0.3 is 19.3 Å². The molecule has 2 fully saturated rings. The minimum Gasteiger partial charge on any atom is -0.381 e. The number of methoxy groups -OCH3 is 1. The van der Waals surface area contributed by atoms with Crippen LogP contribution in [0.25, 0.3) is 0 Å². The predicted octanol–water partition coefficient (Wildman–Crippen LogP) is 1.36. The van der Waals surface area contributed by atoms with Crippen LogP contribution in [0.5, 0.6) is 0 Å². The maximum Gasteiger partial charge on any atom is 0.233 e. The highest BCUT2D eigenvalue weighted by Crippen LogP contribution is 2.36. The molecule has 2 aliphatic heterocycles. The van der Waals surface area contributed by atoms with Crippen LogP contribution in [-0.4, -0.2) is 43.6 Å². The van der Waals surface area contributed by atoms with Gasteiger partial charge in [0.2, 0.25) is 11.7 Å². The second-order valence-corrected chi connectivity index (χ2v) is 6.07. The van der Waals surface area contributed by atoms with E-state index in [2.05, 4.69) is 22.4 Å². The maximum absolute atomic E-state index is 5.72. The first-order valence-corrected chi connectivity index (χ1v) is 7.37. The standard InChI is InChI=1S/C14H23N3O3/c1-13(4-3-7-15-10-13)12-16-11(17-20-12)14(18-2)5-8-19-9-6-14/h15H,3-10H2,1-2H3. The molecular formula is C14H23N3O3. The summed E-state index contributed by atoms with van der Waals surface area (Å²) in [5, 5.41) is 7.62. The number of aromatic nitrogens is 2. The molecule has 0 aliphatic carbocycles. The number of hydrogen-bond acceptors (Lipinski definition) is 6. The Hall–Kier alpha value is -0.980. The van der Waals surface area contributed by atoms with Gasteiger partial charge in [-0.05, 0) is 26.3 Å². The molecule has 0 spiro atoms. The van der Waals surface area contributed by atoms with Crippen LogP contribution in [0.3, 0.4) is 0 Å². The van der Waals surface area contributed by atoms with Gasteiger partial charge in [0, 0.05) is 39.7 Å². The Morgan fingerprint density at radius 2 is 2.05 bits per heavy atom. The van der Waals surface area contributed by atoms with Gasteiger partial charge >= 0.3 is 0 Å². The van der Waals surface area contributed by atoms with Crippen molar-refractivity contribution >= 4 is 0 Å². The summed E-state index contributed by atoms with van der Waals surface area (Å²) in [5.41, 5.74) is -0.512. The molecule has 0 amide bonds. The molecule has 112 valence electrons. The highest BCUT2D eigenvalue weighted by Gasteiger charge is 2.42. The lowest BCUT2D eigenvalue weighted by Gasteiger charge is -2.33. The summed E-state index contributed by atoms with van der Waals surface area (Å²) in [6.07, 6.45) is 3.76. The molecule has 1 unspecified atom stereocenters. The average molecular weight is 281 g/mol. The van der Waals surface area contributed by atoms with E-state index in [4.69, 9.17) is 14.0 Å². The molecule has 20 heavy (non-hydrogen) atoms. The van der Waals surface area contributed by atoms with Crippen LogP contribution in [0, 0.1) is 0 Å². The van der Waals surface area contributed by atoms with E-state index < -0.39 is 5.60 Å². The molecule has 2 aliphatic rings. The molecule has 1 aromatic rings. The monoisotopic (exact) mass is 281 g/mol. The molecule has 0 saturated carbocycles. The zero-order valence-corrected chi connectivity index (χ0v) is 12.3. The third-order valence-corrected chi connectivity index (χ3v) is 4.64. The number of hydrogen-bond donors (Lipinski definition) is 1. The van der Waals surface area contributed by atoms with E-state index in [1.807, 2.05) is 0 Å². The molecule has 1 aromatic heterocycles. The Labute approximate surface area is 119 Å². The highest BCUT2D eigenvalue weighted by molar-refractivity contribution is 5.10. The van der Waals surface area contributed by atoms with Gasteiger partial charge in [-0.15, -0.1) is 0 Å². The minimum absolute atomic E-state index is 0.0659. The molecule has 1 N–H and O–H groups in total. The lowest BCUT2D eigenvalue weighted by Crippen LogP contribution is -2.41. The fourth-order valence-electron chi connectivity index (χ4n) is 3.11. The van der Waals surface area contributed by atoms with Crippen LogP contribution >= 0.6 is 0 Å². The zero-order chi connectivity index (χ0) is 14.1. The van der Waals surface area contributed by atoms with Crippen LogP contribution in [-0.2, 0) is 20.5 Å². The van der Waals surface area contributed by atoms with Gasteiger partial charge in [-0.1, -0.05) is 5.16 Å². The molecule has 3 heterocycles. The van der Waals surface area contributed by atoms with Gasteiger partial charge in [0.1, 0.15) is 5.60 Å². The zero-order valence-electron chi connectivity index (χ0n) is 12.3. The largest absolute Gasteiger partial charge is 0.381 e. The summed E-state index contributed by atoms with van der Waals surface area (Å²) < 4.78 is 16.7. The van der Waals surface area contributed by atoms with Crippen molar-refractivity contribution in [3.8, 4) is 0 Å². The summed E-state index contributed by atoms with van der Waals surface area (Å²) in [7, 11) is 1.71. The van der Waals surface area contributed by atoms with Crippen LogP contribution in [0.2, 0.25) is 0 Å². The Morgan fingerprint density at radius 1 is 1.25 bits per heavy atom. The summed E-state index contributed by atoms with van der Waals surface area (Å²) in [5.74, 6) is 1.40. The Balaban J connectivity index is 1.85. The van der Waals surface area contributed by atoms with Gasteiger partial charge in [-0.2, -0.15) is 4.98 Å². The lowest BCUT2D eigenvalue weighted by molar-refractivity contribution is -0.101. The van der Waals surface area contributed by atoms with E-state index in [0.717, 1.165) is 44.7 Å². The molecule has 3 rings (SSSR count). The first-order chi connectivity index (χ1) is 9.69. The number of nitrogens with one attached hydrogen (secondary N) is 1. The van der Waals surface area contributed by atoms with Crippen LogP contribution in [0.1, 0.15) is 44.3 Å². The van der Waals surface area contributed by atoms with E-state index in [9.17, 15) is 0 Å². The van der Waals surface area contributed by atoms with Crippen LogP contribution < -0.4 is 5.32 Å². The lowest BCUT2D eigenvalue weighted by atomic mass is 9.82. The summed E-state index contributed by atoms with van der Waals surface area (Å²) in [6.45, 7) is 5.49. The Morgan fingerprint density at radius 3 is 2.70 bits per heavy atom. The molecule has 0 radical (unpaired) electrons. The van der Waals surface area contributed by atoms with E-state index in [-0.39, 0.29) is 5.41 Å². The van der Waals surface area contributed by atoms with Gasteiger partial charge in [0.25, 0.3) is 0 Å². The normalized spacial score (nSPS) is 30.3. The number of nitrogens with zero attached hydrogens (tertiary/aromatic N) is 2. The minimum atomic E-state index is -0.446. The third-order valence-electron chi connectivity index (χ3n) is 4.64. The highest BCUT2D eigenvalue weighted by atomic mass is 16.5. The van der Waals surface area contributed by atoms with Gasteiger partial charge in [0.05, 0.1) is 5.41 Å². The van der Waals surface area contributed by atoms with Gasteiger partial charge in [0.15, 0.2) is 0 Å². The van der Waals surface area contributed by atoms with Gasteiger partial charge in [-0.25, -0.2) is 0 Å². The van der Waals surface area contributed by atoms with Gasteiger partial charge in [-0.3, -0.25) is 0 Å². The molecule has 2 saturated heterocycles. The van der Waals surface area contributed by atoms with E-state index in [1.54, 1.807) is 7.11 Å². The van der Waals surface area contributed by atoms with Crippen LogP contribution in [0.4, 0.5) is 0 Å². The summed E-state index contributed by atoms with van der Waals surface area (Å²) in [4.78, 5) is 4.67. The maximum atomic E-state index is 5.72. The smallest absolute Gasteiger partial charge is 0.233 e. The number of ether oxygens (including phenoxy) is 2. The fourth-order valence-corrected chi connectivity index (χ4v) is 3.11. The summed E-state index contributed by atoms with van der Waals surface area (Å²) >= 11 is 0. The second kappa shape index (κ2) is 5.42. The van der Waals surface area contributed by atoms with Crippen molar-refractivity contribution in [2.24, 2.45) is 0 Å². The Kier molecular flexibility index (Phi) is 3.79. The molecule has 6 nitrogen and oxygen atoms in total. The van der Waals surface area contributed by atoms with E-state index in [1.165, 1.54) is 0 Å². The quantitative estimate of drug-likeness (QED) is 0.902. The second-order valence-electron chi connectivity index (χ2n) is 6.07. The molecule has 0 bridgehead atoms. The van der Waals surface area contributed by atoms with E-state index in [0.29, 0.717) is 19.0 Å². The third kappa shape index (κ3) is 2.36.